The molecule has 0 atom stereocenters. The van der Waals surface area contributed by atoms with Gasteiger partial charge in [0.25, 0.3) is 0 Å². The van der Waals surface area contributed by atoms with E-state index in [2.05, 4.69) is 75.7 Å². The summed E-state index contributed by atoms with van der Waals surface area (Å²) in [6.07, 6.45) is 15.7. The Morgan fingerprint density at radius 3 is 1.81 bits per heavy atom. The summed E-state index contributed by atoms with van der Waals surface area (Å²) in [5, 5.41) is 3.44. The molecule has 0 aliphatic heterocycles. The van der Waals surface area contributed by atoms with Crippen molar-refractivity contribution in [3.63, 3.8) is 0 Å². The monoisotopic (exact) mass is 497 g/mol. The van der Waals surface area contributed by atoms with Gasteiger partial charge in [0.05, 0.1) is 16.1 Å². The second-order valence-corrected chi connectivity index (χ2v) is 18.2. The summed E-state index contributed by atoms with van der Waals surface area (Å²) in [7, 11) is -2.77. The molecule has 0 aromatic rings. The van der Waals surface area contributed by atoms with E-state index in [-0.39, 0.29) is 71.3 Å². The van der Waals surface area contributed by atoms with Gasteiger partial charge < -0.3 is 49.6 Å². The molecule has 0 unspecified atom stereocenters. The van der Waals surface area contributed by atoms with E-state index in [4.69, 9.17) is 0 Å². The first-order valence-corrected chi connectivity index (χ1v) is 14.9. The molecule has 3 aliphatic carbocycles. The fourth-order valence-corrected chi connectivity index (χ4v) is 9.74. The van der Waals surface area contributed by atoms with Crippen molar-refractivity contribution in [2.45, 2.75) is 45.7 Å². The van der Waals surface area contributed by atoms with Crippen molar-refractivity contribution in [2.24, 2.45) is 0 Å². The molecule has 142 valence electrons. The summed E-state index contributed by atoms with van der Waals surface area (Å²) < 4.78 is 0. The van der Waals surface area contributed by atoms with E-state index in [1.165, 1.54) is 16.7 Å². The van der Waals surface area contributed by atoms with Crippen LogP contribution in [0.5, 0.6) is 0 Å². The second-order valence-electron chi connectivity index (χ2n) is 8.23. The molecule has 0 heterocycles. The first kappa shape index (κ1) is 31.4. The number of hydrogen-bond acceptors (Lipinski definition) is 0. The Balaban J connectivity index is -0.00000106. The SMILES string of the molecule is C[Si](C)(C)C1=C2C=[C-]C=C2C(C2=CC=CC2)=C1[Si](C)(C)C.[Cl-].[Cl-].[Cl-].[Cl-].[Ti+4]. The van der Waals surface area contributed by atoms with Crippen LogP contribution in [-0.2, 0) is 21.7 Å². The van der Waals surface area contributed by atoms with Crippen LogP contribution in [0, 0.1) is 6.08 Å². The maximum absolute atomic E-state index is 3.36. The van der Waals surface area contributed by atoms with Gasteiger partial charge in [-0.15, -0.1) is 5.20 Å². The van der Waals surface area contributed by atoms with Crippen molar-refractivity contribution >= 4 is 16.1 Å². The van der Waals surface area contributed by atoms with Gasteiger partial charge in [0.2, 0.25) is 0 Å². The molecule has 0 saturated carbocycles. The van der Waals surface area contributed by atoms with Crippen LogP contribution >= 0.6 is 0 Å². The van der Waals surface area contributed by atoms with Crippen molar-refractivity contribution in [1.29, 1.82) is 0 Å². The van der Waals surface area contributed by atoms with Gasteiger partial charge in [-0.05, 0) is 12.0 Å². The van der Waals surface area contributed by atoms with E-state index in [1.807, 2.05) is 0 Å². The zero-order valence-electron chi connectivity index (χ0n) is 16.1. The molecule has 26 heavy (non-hydrogen) atoms. The van der Waals surface area contributed by atoms with Crippen LogP contribution in [0.25, 0.3) is 0 Å². The molecule has 0 N–H and O–H groups in total. The summed E-state index contributed by atoms with van der Waals surface area (Å²) in [4.78, 5) is 0. The van der Waals surface area contributed by atoms with Gasteiger partial charge in [0.1, 0.15) is 0 Å². The summed E-state index contributed by atoms with van der Waals surface area (Å²) >= 11 is 0. The summed E-state index contributed by atoms with van der Waals surface area (Å²) in [6.45, 7) is 15.0. The van der Waals surface area contributed by atoms with Crippen LogP contribution in [0.4, 0.5) is 0 Å². The van der Waals surface area contributed by atoms with Crippen molar-refractivity contribution in [3.05, 3.63) is 69.1 Å². The quantitative estimate of drug-likeness (QED) is 0.268. The Morgan fingerprint density at radius 2 is 1.38 bits per heavy atom. The van der Waals surface area contributed by atoms with Crippen molar-refractivity contribution in [3.8, 4) is 0 Å². The van der Waals surface area contributed by atoms with E-state index >= 15 is 0 Å². The van der Waals surface area contributed by atoms with Gasteiger partial charge in [-0.25, -0.2) is 0 Å². The first-order valence-electron chi connectivity index (χ1n) is 7.87. The molecule has 0 fully saturated rings. The average Bonchev–Trinajstić information content (AvgIpc) is 3.00. The number of fused-ring (bicyclic) bond motifs is 1. The van der Waals surface area contributed by atoms with Gasteiger partial charge in [-0.2, -0.15) is 29.4 Å². The molecule has 7 heteroatoms. The fraction of sp³-hybridized carbons (Fsp3) is 0.368. The summed E-state index contributed by atoms with van der Waals surface area (Å²) in [5.41, 5.74) is 6.03. The molecule has 0 saturated heterocycles. The van der Waals surface area contributed by atoms with Gasteiger partial charge in [-0.3, -0.25) is 0 Å². The molecule has 0 aromatic heterocycles. The third kappa shape index (κ3) is 5.64. The van der Waals surface area contributed by atoms with E-state index in [1.54, 1.807) is 16.0 Å². The second kappa shape index (κ2) is 11.1. The van der Waals surface area contributed by atoms with Crippen LogP contribution in [-0.4, -0.2) is 16.1 Å². The van der Waals surface area contributed by atoms with Crippen LogP contribution in [0.2, 0.25) is 39.3 Å². The molecule has 0 radical (unpaired) electrons. The number of hydrogen-bond donors (Lipinski definition) is 0. The Hall–Kier alpha value is 0.748. The topological polar surface area (TPSA) is 0 Å². The largest absolute Gasteiger partial charge is 4.00 e. The minimum atomic E-state index is -1.39. The summed E-state index contributed by atoms with van der Waals surface area (Å²) in [6, 6.07) is 0. The Morgan fingerprint density at radius 1 is 0.846 bits per heavy atom. The zero-order chi connectivity index (χ0) is 15.4. The average molecular weight is 499 g/mol. The Bertz CT molecular complexity index is 700. The molecular weight excluding hydrogens is 474 g/mol. The van der Waals surface area contributed by atoms with Crippen LogP contribution in [0.15, 0.2) is 63.1 Å². The molecule has 0 bridgehead atoms. The van der Waals surface area contributed by atoms with E-state index in [0.717, 1.165) is 6.42 Å². The molecule has 0 aromatic carbocycles. The van der Waals surface area contributed by atoms with E-state index in [0.29, 0.717) is 0 Å². The van der Waals surface area contributed by atoms with Gasteiger partial charge in [-0.1, -0.05) is 68.3 Å². The van der Waals surface area contributed by atoms with Crippen LogP contribution in [0.3, 0.4) is 0 Å². The third-order valence-electron chi connectivity index (χ3n) is 4.38. The minimum Gasteiger partial charge on any atom is -1.00 e. The normalized spacial score (nSPS) is 17.3. The summed E-state index contributed by atoms with van der Waals surface area (Å²) in [5.74, 6) is 0. The number of allylic oxidation sites excluding steroid dienone is 12. The van der Waals surface area contributed by atoms with E-state index < -0.39 is 16.1 Å². The molecule has 0 spiro atoms. The van der Waals surface area contributed by atoms with Gasteiger partial charge in [0, 0.05) is 0 Å². The van der Waals surface area contributed by atoms with Gasteiger partial charge >= 0.3 is 21.7 Å². The van der Waals surface area contributed by atoms with Crippen LogP contribution in [0.1, 0.15) is 6.42 Å². The predicted molar refractivity (Wildman–Crippen MR) is 98.5 cm³/mol. The number of halogens is 4. The number of rotatable bonds is 3. The van der Waals surface area contributed by atoms with Crippen LogP contribution < -0.4 is 49.6 Å². The Kier molecular flexibility index (Phi) is 13.4. The zero-order valence-corrected chi connectivity index (χ0v) is 22.7. The minimum absolute atomic E-state index is 0. The molecule has 3 rings (SSSR count). The maximum atomic E-state index is 3.36. The molecule has 0 nitrogen and oxygen atoms in total. The van der Waals surface area contributed by atoms with Crippen molar-refractivity contribution in [2.75, 3.05) is 0 Å². The third-order valence-corrected chi connectivity index (χ3v) is 8.65. The first-order chi connectivity index (χ1) is 9.71. The smallest absolute Gasteiger partial charge is 1.00 e. The fourth-order valence-electron chi connectivity index (χ4n) is 3.67. The van der Waals surface area contributed by atoms with Crippen molar-refractivity contribution in [1.82, 2.24) is 0 Å². The van der Waals surface area contributed by atoms with Crippen molar-refractivity contribution < 1.29 is 71.3 Å². The maximum Gasteiger partial charge on any atom is 4.00 e. The Labute approximate surface area is 201 Å². The molecule has 3 aliphatic rings. The standard InChI is InChI=1S/C19H25Si2.4ClH.Ti/c1-20(2,3)18-16-13-9-12-15(16)17(14-10-7-8-11-14)19(18)21(4,5)6;;;;;/h7-8,10,12-13H,11H2,1-6H3;4*1H;/q-1;;;;;+4/p-4. The predicted octanol–water partition coefficient (Wildman–Crippen LogP) is -6.45. The molecule has 0 amide bonds. The molecular formula is C19H25Cl4Si2Ti-. The van der Waals surface area contributed by atoms with E-state index in [9.17, 15) is 0 Å². The van der Waals surface area contributed by atoms with Gasteiger partial charge in [0.15, 0.2) is 0 Å².